The molecule has 2 aromatic carbocycles. The second-order valence-electron chi connectivity index (χ2n) is 7.42. The van der Waals surface area contributed by atoms with E-state index in [0.29, 0.717) is 24.0 Å². The van der Waals surface area contributed by atoms with Crippen LogP contribution in [0.25, 0.3) is 0 Å². The summed E-state index contributed by atoms with van der Waals surface area (Å²) < 4.78 is 28.7. The van der Waals surface area contributed by atoms with Gasteiger partial charge in [-0.1, -0.05) is 46.6 Å². The summed E-state index contributed by atoms with van der Waals surface area (Å²) in [5, 5.41) is 0.460. The van der Waals surface area contributed by atoms with Crippen molar-refractivity contribution in [3.63, 3.8) is 0 Å². The summed E-state index contributed by atoms with van der Waals surface area (Å²) >= 11 is 9.30. The van der Waals surface area contributed by atoms with Gasteiger partial charge in [0.15, 0.2) is 0 Å². The van der Waals surface area contributed by atoms with Gasteiger partial charge in [0.05, 0.1) is 11.4 Å². The van der Waals surface area contributed by atoms with Crippen molar-refractivity contribution >= 4 is 43.5 Å². The Morgan fingerprint density at radius 3 is 2.28 bits per heavy atom. The van der Waals surface area contributed by atoms with Crippen LogP contribution in [-0.4, -0.2) is 43.2 Å². The largest absolute Gasteiger partial charge is 0.342 e. The fourth-order valence-corrected chi connectivity index (χ4v) is 5.05. The molecule has 0 spiro atoms. The Kier molecular flexibility index (Phi) is 7.37. The topological polar surface area (TPSA) is 57.7 Å². The lowest BCUT2D eigenvalue weighted by Gasteiger charge is -2.32. The van der Waals surface area contributed by atoms with Crippen molar-refractivity contribution in [2.24, 2.45) is 5.92 Å². The van der Waals surface area contributed by atoms with Crippen LogP contribution in [0.5, 0.6) is 0 Å². The van der Waals surface area contributed by atoms with Gasteiger partial charge < -0.3 is 4.90 Å². The molecule has 2 aromatic rings. The molecule has 0 radical (unpaired) electrons. The number of piperidine rings is 1. The van der Waals surface area contributed by atoms with Gasteiger partial charge in [0, 0.05) is 29.1 Å². The Hall–Kier alpha value is -1.41. The Bertz CT molecular complexity index is 941. The van der Waals surface area contributed by atoms with Crippen molar-refractivity contribution in [1.29, 1.82) is 0 Å². The minimum absolute atomic E-state index is 0.119. The number of halogens is 2. The van der Waals surface area contributed by atoms with Crippen LogP contribution >= 0.6 is 27.5 Å². The molecule has 1 fully saturated rings. The predicted molar refractivity (Wildman–Crippen MR) is 118 cm³/mol. The molecule has 0 aliphatic carbocycles. The number of likely N-dealkylation sites (tertiary alicyclic amines) is 1. The first kappa shape index (κ1) is 22.3. The molecular weight excluding hydrogens is 476 g/mol. The smallest absolute Gasteiger partial charge is 0.243 e. The summed E-state index contributed by atoms with van der Waals surface area (Å²) in [5.74, 6) is 0.433. The van der Waals surface area contributed by atoms with Gasteiger partial charge in [-0.05, 0) is 60.7 Å². The van der Waals surface area contributed by atoms with E-state index in [0.717, 1.165) is 22.9 Å². The average molecular weight is 500 g/mol. The molecule has 0 aromatic heterocycles. The summed E-state index contributed by atoms with van der Waals surface area (Å²) in [7, 11) is -3.86. The van der Waals surface area contributed by atoms with E-state index in [4.69, 9.17) is 11.6 Å². The molecule has 1 aliphatic rings. The van der Waals surface area contributed by atoms with E-state index in [-0.39, 0.29) is 23.9 Å². The van der Waals surface area contributed by atoms with Crippen LogP contribution in [0.15, 0.2) is 57.9 Å². The molecule has 1 amide bonds. The van der Waals surface area contributed by atoms with Gasteiger partial charge in [0.25, 0.3) is 0 Å². The fraction of sp³-hybridized carbons (Fsp3) is 0.381. The zero-order valence-electron chi connectivity index (χ0n) is 16.2. The first-order chi connectivity index (χ1) is 13.8. The molecule has 0 saturated carbocycles. The monoisotopic (exact) mass is 498 g/mol. The first-order valence-corrected chi connectivity index (χ1v) is 12.1. The van der Waals surface area contributed by atoms with E-state index in [1.807, 2.05) is 24.3 Å². The number of carbonyl (C=O) groups excluding carboxylic acids is 1. The molecule has 0 bridgehead atoms. The molecule has 5 nitrogen and oxygen atoms in total. The van der Waals surface area contributed by atoms with Crippen LogP contribution in [0.3, 0.4) is 0 Å². The zero-order chi connectivity index (χ0) is 21.0. The predicted octanol–water partition coefficient (Wildman–Crippen LogP) is 4.55. The third-order valence-corrected chi connectivity index (χ3v) is 7.76. The van der Waals surface area contributed by atoms with Gasteiger partial charge in [-0.15, -0.1) is 0 Å². The molecule has 8 heteroatoms. The minimum Gasteiger partial charge on any atom is -0.342 e. The van der Waals surface area contributed by atoms with Gasteiger partial charge in [-0.25, -0.2) is 8.42 Å². The molecule has 1 saturated heterocycles. The lowest BCUT2D eigenvalue weighted by Crippen LogP contribution is -2.45. The molecule has 1 heterocycles. The number of carbonyl (C=O) groups is 1. The Morgan fingerprint density at radius 1 is 1.10 bits per heavy atom. The molecule has 0 N–H and O–H groups in total. The number of sulfonamides is 1. The van der Waals surface area contributed by atoms with Gasteiger partial charge in [0.1, 0.15) is 0 Å². The standard InChI is InChI=1S/C21H24BrClN2O3S/c1-16-10-12-24(13-11-16)21(26)15-25(14-17-2-4-18(22)5-3-17)29(27,28)20-8-6-19(23)7-9-20/h2-9,16H,10-15H2,1H3. The molecule has 29 heavy (non-hydrogen) atoms. The molecule has 3 rings (SSSR count). The maximum Gasteiger partial charge on any atom is 0.243 e. The second kappa shape index (κ2) is 9.60. The van der Waals surface area contributed by atoms with Crippen molar-refractivity contribution < 1.29 is 13.2 Å². The zero-order valence-corrected chi connectivity index (χ0v) is 19.4. The summed E-state index contributed by atoms with van der Waals surface area (Å²) in [6.07, 6.45) is 1.89. The highest BCUT2D eigenvalue weighted by molar-refractivity contribution is 9.10. The number of rotatable bonds is 6. The highest BCUT2D eigenvalue weighted by Crippen LogP contribution is 2.23. The lowest BCUT2D eigenvalue weighted by atomic mass is 9.99. The first-order valence-electron chi connectivity index (χ1n) is 9.53. The second-order valence-corrected chi connectivity index (χ2v) is 10.7. The van der Waals surface area contributed by atoms with E-state index in [9.17, 15) is 13.2 Å². The van der Waals surface area contributed by atoms with Crippen LogP contribution in [0.2, 0.25) is 5.02 Å². The van der Waals surface area contributed by atoms with Crippen LogP contribution in [0, 0.1) is 5.92 Å². The van der Waals surface area contributed by atoms with Gasteiger partial charge in [-0.2, -0.15) is 4.31 Å². The number of hydrogen-bond acceptors (Lipinski definition) is 3. The molecule has 1 aliphatic heterocycles. The quantitative estimate of drug-likeness (QED) is 0.586. The molecular formula is C21H24BrClN2O3S. The van der Waals surface area contributed by atoms with Crippen molar-refractivity contribution in [3.8, 4) is 0 Å². The van der Waals surface area contributed by atoms with Gasteiger partial charge >= 0.3 is 0 Å². The van der Waals surface area contributed by atoms with E-state index in [1.165, 1.54) is 16.4 Å². The van der Waals surface area contributed by atoms with Gasteiger partial charge in [-0.3, -0.25) is 4.79 Å². The van der Waals surface area contributed by atoms with Crippen molar-refractivity contribution in [1.82, 2.24) is 9.21 Å². The number of hydrogen-bond donors (Lipinski definition) is 0. The van der Waals surface area contributed by atoms with E-state index in [1.54, 1.807) is 17.0 Å². The van der Waals surface area contributed by atoms with E-state index in [2.05, 4.69) is 22.9 Å². The van der Waals surface area contributed by atoms with E-state index >= 15 is 0 Å². The Labute approximate surface area is 185 Å². The number of nitrogens with zero attached hydrogens (tertiary/aromatic N) is 2. The maximum absolute atomic E-state index is 13.3. The van der Waals surface area contributed by atoms with Crippen LogP contribution in [0.4, 0.5) is 0 Å². The Balaban J connectivity index is 1.85. The number of benzene rings is 2. The van der Waals surface area contributed by atoms with Crippen molar-refractivity contribution in [3.05, 3.63) is 63.6 Å². The van der Waals surface area contributed by atoms with Crippen LogP contribution < -0.4 is 0 Å². The SMILES string of the molecule is CC1CCN(C(=O)CN(Cc2ccc(Br)cc2)S(=O)(=O)c2ccc(Cl)cc2)CC1. The summed E-state index contributed by atoms with van der Waals surface area (Å²) in [5.41, 5.74) is 0.811. The van der Waals surface area contributed by atoms with Crippen molar-refractivity contribution in [2.75, 3.05) is 19.6 Å². The maximum atomic E-state index is 13.3. The fourth-order valence-electron chi connectivity index (χ4n) is 3.28. The molecule has 0 atom stereocenters. The van der Waals surface area contributed by atoms with Crippen LogP contribution in [0.1, 0.15) is 25.3 Å². The Morgan fingerprint density at radius 2 is 1.69 bits per heavy atom. The van der Waals surface area contributed by atoms with Crippen molar-refractivity contribution in [2.45, 2.75) is 31.2 Å². The van der Waals surface area contributed by atoms with Crippen LogP contribution in [-0.2, 0) is 21.4 Å². The minimum atomic E-state index is -3.86. The highest BCUT2D eigenvalue weighted by atomic mass is 79.9. The van der Waals surface area contributed by atoms with Gasteiger partial charge in [0.2, 0.25) is 15.9 Å². The third kappa shape index (κ3) is 5.81. The normalized spacial score (nSPS) is 15.7. The molecule has 156 valence electrons. The summed E-state index contributed by atoms with van der Waals surface area (Å²) in [6.45, 7) is 3.45. The molecule has 0 unspecified atom stereocenters. The van der Waals surface area contributed by atoms with E-state index < -0.39 is 10.0 Å². The average Bonchev–Trinajstić information content (AvgIpc) is 2.70. The summed E-state index contributed by atoms with van der Waals surface area (Å²) in [6, 6.07) is 13.4. The lowest BCUT2D eigenvalue weighted by molar-refractivity contribution is -0.132. The highest BCUT2D eigenvalue weighted by Gasteiger charge is 2.29. The summed E-state index contributed by atoms with van der Waals surface area (Å²) in [4.78, 5) is 14.8. The third-order valence-electron chi connectivity index (χ3n) is 5.17. The number of amides is 1.